The zero-order chi connectivity index (χ0) is 19.5. The molecule has 1 aliphatic heterocycles. The van der Waals surface area contributed by atoms with Crippen LogP contribution in [-0.4, -0.2) is 44.5 Å². The first-order valence-electron chi connectivity index (χ1n) is 8.84. The van der Waals surface area contributed by atoms with Crippen molar-refractivity contribution in [2.24, 2.45) is 7.05 Å². The number of carbonyl (C=O) groups is 1. The van der Waals surface area contributed by atoms with E-state index in [1.54, 1.807) is 37.6 Å². The Bertz CT molecular complexity index is 1040. The normalized spacial score (nSPS) is 15.2. The first-order chi connectivity index (χ1) is 13.6. The fourth-order valence-corrected chi connectivity index (χ4v) is 2.93. The summed E-state index contributed by atoms with van der Waals surface area (Å²) < 4.78 is 14.0. The van der Waals surface area contributed by atoms with Crippen LogP contribution in [0.5, 0.6) is 11.5 Å². The standard InChI is InChI=1S/C19H19N5O4/c1-23-17(13-5-4-8-20-11-13)22-24(19(23)26)10-9-21-18(25)16-12-27-14-6-2-3-7-15(14)28-16/h2-8,11,16H,9-10,12H2,1H3,(H,21,25). The number of para-hydroxylation sites is 2. The molecule has 0 bridgehead atoms. The van der Waals surface area contributed by atoms with E-state index < -0.39 is 6.10 Å². The van der Waals surface area contributed by atoms with Gasteiger partial charge in [-0.05, 0) is 24.3 Å². The first kappa shape index (κ1) is 17.8. The monoisotopic (exact) mass is 381 g/mol. The number of nitrogens with one attached hydrogen (secondary N) is 1. The van der Waals surface area contributed by atoms with E-state index in [4.69, 9.17) is 9.47 Å². The molecule has 3 aromatic rings. The summed E-state index contributed by atoms with van der Waals surface area (Å²) >= 11 is 0. The van der Waals surface area contributed by atoms with Crippen LogP contribution in [0.2, 0.25) is 0 Å². The Balaban J connectivity index is 1.37. The molecule has 0 saturated carbocycles. The summed E-state index contributed by atoms with van der Waals surface area (Å²) in [6.45, 7) is 0.615. The van der Waals surface area contributed by atoms with Gasteiger partial charge in [0.2, 0.25) is 6.10 Å². The van der Waals surface area contributed by atoms with E-state index in [0.29, 0.717) is 17.3 Å². The molecule has 1 unspecified atom stereocenters. The highest BCUT2D eigenvalue weighted by molar-refractivity contribution is 5.81. The van der Waals surface area contributed by atoms with Crippen molar-refractivity contribution < 1.29 is 14.3 Å². The Kier molecular flexibility index (Phi) is 4.79. The molecule has 0 aliphatic carbocycles. The largest absolute Gasteiger partial charge is 0.485 e. The lowest BCUT2D eigenvalue weighted by atomic mass is 10.2. The summed E-state index contributed by atoms with van der Waals surface area (Å²) in [5.41, 5.74) is 0.482. The van der Waals surface area contributed by atoms with E-state index in [2.05, 4.69) is 15.4 Å². The molecule has 28 heavy (non-hydrogen) atoms. The van der Waals surface area contributed by atoms with Crippen LogP contribution in [-0.2, 0) is 18.4 Å². The van der Waals surface area contributed by atoms with Gasteiger partial charge < -0.3 is 14.8 Å². The van der Waals surface area contributed by atoms with Crippen molar-refractivity contribution >= 4 is 5.91 Å². The number of carbonyl (C=O) groups excluding carboxylic acids is 1. The Morgan fingerprint density at radius 2 is 2.07 bits per heavy atom. The number of amides is 1. The molecular weight excluding hydrogens is 362 g/mol. The molecule has 0 spiro atoms. The maximum atomic E-state index is 12.4. The Morgan fingerprint density at radius 1 is 1.25 bits per heavy atom. The lowest BCUT2D eigenvalue weighted by molar-refractivity contribution is -0.130. The van der Waals surface area contributed by atoms with Crippen molar-refractivity contribution in [3.8, 4) is 22.9 Å². The zero-order valence-electron chi connectivity index (χ0n) is 15.2. The lowest BCUT2D eigenvalue weighted by Gasteiger charge is -2.25. The van der Waals surface area contributed by atoms with Crippen LogP contribution in [0.15, 0.2) is 53.6 Å². The van der Waals surface area contributed by atoms with Gasteiger partial charge in [0.15, 0.2) is 17.3 Å². The quantitative estimate of drug-likeness (QED) is 0.695. The minimum atomic E-state index is -0.735. The van der Waals surface area contributed by atoms with Gasteiger partial charge in [0, 0.05) is 31.5 Å². The maximum absolute atomic E-state index is 12.4. The topological polar surface area (TPSA) is 100 Å². The second kappa shape index (κ2) is 7.55. The molecule has 3 heterocycles. The van der Waals surface area contributed by atoms with Gasteiger partial charge in [-0.25, -0.2) is 9.48 Å². The predicted octanol–water partition coefficient (Wildman–Crippen LogP) is 0.600. The molecule has 0 saturated heterocycles. The predicted molar refractivity (Wildman–Crippen MR) is 100 cm³/mol. The number of benzene rings is 1. The van der Waals surface area contributed by atoms with Crippen molar-refractivity contribution in [3.63, 3.8) is 0 Å². The average Bonchev–Trinajstić information content (AvgIpc) is 3.02. The Hall–Kier alpha value is -3.62. The van der Waals surface area contributed by atoms with E-state index in [9.17, 15) is 9.59 Å². The molecular formula is C19H19N5O4. The molecule has 0 fully saturated rings. The number of hydrogen-bond donors (Lipinski definition) is 1. The highest BCUT2D eigenvalue weighted by atomic mass is 16.6. The van der Waals surface area contributed by atoms with Gasteiger partial charge in [0.05, 0.1) is 6.54 Å². The van der Waals surface area contributed by atoms with Gasteiger partial charge >= 0.3 is 5.69 Å². The first-order valence-corrected chi connectivity index (χ1v) is 8.84. The number of fused-ring (bicyclic) bond motifs is 1. The third-order valence-corrected chi connectivity index (χ3v) is 4.38. The van der Waals surface area contributed by atoms with Gasteiger partial charge in [-0.15, -0.1) is 5.10 Å². The fourth-order valence-electron chi connectivity index (χ4n) is 2.93. The Morgan fingerprint density at radius 3 is 2.86 bits per heavy atom. The van der Waals surface area contributed by atoms with E-state index >= 15 is 0 Å². The highest BCUT2D eigenvalue weighted by Crippen LogP contribution is 2.30. The van der Waals surface area contributed by atoms with Crippen LogP contribution < -0.4 is 20.5 Å². The number of nitrogens with zero attached hydrogens (tertiary/aromatic N) is 4. The molecule has 9 nitrogen and oxygen atoms in total. The van der Waals surface area contributed by atoms with E-state index in [1.807, 2.05) is 18.2 Å². The summed E-state index contributed by atoms with van der Waals surface area (Å²) in [6.07, 6.45) is 2.57. The number of aromatic nitrogens is 4. The van der Waals surface area contributed by atoms with Crippen molar-refractivity contribution in [1.29, 1.82) is 0 Å². The van der Waals surface area contributed by atoms with E-state index in [1.165, 1.54) is 9.25 Å². The second-order valence-electron chi connectivity index (χ2n) is 6.29. The molecule has 9 heteroatoms. The van der Waals surface area contributed by atoms with Crippen LogP contribution in [0.4, 0.5) is 0 Å². The summed E-state index contributed by atoms with van der Waals surface area (Å²) in [5, 5.41) is 7.10. The molecule has 0 radical (unpaired) electrons. The van der Waals surface area contributed by atoms with Crippen LogP contribution in [0.3, 0.4) is 0 Å². The highest BCUT2D eigenvalue weighted by Gasteiger charge is 2.27. The minimum absolute atomic E-state index is 0.136. The van der Waals surface area contributed by atoms with Crippen molar-refractivity contribution in [1.82, 2.24) is 24.6 Å². The van der Waals surface area contributed by atoms with E-state index in [0.717, 1.165) is 5.56 Å². The molecule has 2 aromatic heterocycles. The Labute approximate surface area is 160 Å². The number of rotatable bonds is 5. The summed E-state index contributed by atoms with van der Waals surface area (Å²) in [7, 11) is 1.65. The molecule has 144 valence electrons. The molecule has 4 rings (SSSR count). The van der Waals surface area contributed by atoms with Crippen molar-refractivity contribution in [3.05, 3.63) is 59.3 Å². The average molecular weight is 381 g/mol. The molecule has 1 aliphatic rings. The maximum Gasteiger partial charge on any atom is 0.345 e. The SMILES string of the molecule is Cn1c(-c2cccnc2)nn(CCNC(=O)C2COc3ccccc3O2)c1=O. The molecule has 1 amide bonds. The van der Waals surface area contributed by atoms with Gasteiger partial charge in [0.1, 0.15) is 6.61 Å². The van der Waals surface area contributed by atoms with Crippen LogP contribution in [0, 0.1) is 0 Å². The van der Waals surface area contributed by atoms with Gasteiger partial charge in [-0.3, -0.25) is 14.3 Å². The summed E-state index contributed by atoms with van der Waals surface area (Å²) in [5.74, 6) is 1.38. The second-order valence-corrected chi connectivity index (χ2v) is 6.29. The fraction of sp³-hybridized carbons (Fsp3) is 0.263. The van der Waals surface area contributed by atoms with Crippen LogP contribution in [0.1, 0.15) is 0 Å². The minimum Gasteiger partial charge on any atom is -0.485 e. The summed E-state index contributed by atoms with van der Waals surface area (Å²) in [4.78, 5) is 28.7. The third kappa shape index (κ3) is 3.46. The van der Waals surface area contributed by atoms with Crippen molar-refractivity contribution in [2.45, 2.75) is 12.6 Å². The van der Waals surface area contributed by atoms with Crippen molar-refractivity contribution in [2.75, 3.05) is 13.2 Å². The van der Waals surface area contributed by atoms with Gasteiger partial charge in [0.25, 0.3) is 5.91 Å². The number of pyridine rings is 1. The summed E-state index contributed by atoms with van der Waals surface area (Å²) in [6, 6.07) is 10.8. The number of ether oxygens (including phenoxy) is 2. The van der Waals surface area contributed by atoms with Crippen LogP contribution >= 0.6 is 0 Å². The third-order valence-electron chi connectivity index (χ3n) is 4.38. The van der Waals surface area contributed by atoms with Gasteiger partial charge in [-0.1, -0.05) is 12.1 Å². The van der Waals surface area contributed by atoms with E-state index in [-0.39, 0.29) is 31.3 Å². The lowest BCUT2D eigenvalue weighted by Crippen LogP contribution is -2.45. The smallest absolute Gasteiger partial charge is 0.345 e. The molecule has 1 N–H and O–H groups in total. The molecule has 1 atom stereocenters. The molecule has 1 aromatic carbocycles. The van der Waals surface area contributed by atoms with Crippen LogP contribution in [0.25, 0.3) is 11.4 Å². The zero-order valence-corrected chi connectivity index (χ0v) is 15.2. The number of hydrogen-bond acceptors (Lipinski definition) is 6. The van der Waals surface area contributed by atoms with Gasteiger partial charge in [-0.2, -0.15) is 0 Å².